The fraction of sp³-hybridized carbons (Fsp3) is 1.00. The van der Waals surface area contributed by atoms with Crippen molar-refractivity contribution in [2.24, 2.45) is 28.7 Å². The van der Waals surface area contributed by atoms with Gasteiger partial charge in [-0.3, -0.25) is 0 Å². The number of nitrogens with two attached hydrogens (primary N) is 5. The van der Waals surface area contributed by atoms with Crippen LogP contribution in [0.1, 0.15) is 106 Å². The summed E-state index contributed by atoms with van der Waals surface area (Å²) < 4.78 is 0. The minimum atomic E-state index is 0. The molecule has 0 saturated heterocycles. The molecule has 0 aromatic rings. The maximum atomic E-state index is 5.27. The van der Waals surface area contributed by atoms with Gasteiger partial charge in [-0.25, -0.2) is 0 Å². The zero-order chi connectivity index (χ0) is 20.6. The normalized spacial score (nSPS) is 8.08. The molecule has 0 bridgehead atoms. The van der Waals surface area contributed by atoms with Gasteiger partial charge in [-0.15, -0.1) is 0 Å². The fourth-order valence-electron chi connectivity index (χ4n) is 1.35. The predicted octanol–water partition coefficient (Wildman–Crippen LogP) is 4.36. The molecule has 5 heteroatoms. The van der Waals surface area contributed by atoms with Gasteiger partial charge in [0.1, 0.15) is 0 Å². The lowest BCUT2D eigenvalue weighted by Gasteiger charge is -1.90. The second kappa shape index (κ2) is 64.1. The zero-order valence-electron chi connectivity index (χ0n) is 18.5. The maximum absolute atomic E-state index is 5.27. The molecule has 0 aliphatic rings. The van der Waals surface area contributed by atoms with Crippen molar-refractivity contribution < 1.29 is 0 Å². The lowest BCUT2D eigenvalue weighted by atomic mass is 10.2. The van der Waals surface area contributed by atoms with Crippen molar-refractivity contribution in [1.82, 2.24) is 0 Å². The van der Waals surface area contributed by atoms with E-state index in [9.17, 15) is 0 Å². The maximum Gasteiger partial charge on any atom is -0.00773 e. The minimum absolute atomic E-state index is 0. The van der Waals surface area contributed by atoms with Crippen molar-refractivity contribution in [3.63, 3.8) is 0 Å². The summed E-state index contributed by atoms with van der Waals surface area (Å²) in [6.07, 6.45) is 13.8. The highest BCUT2D eigenvalue weighted by Gasteiger charge is 1.80. The summed E-state index contributed by atoms with van der Waals surface area (Å²) in [5, 5.41) is 0. The van der Waals surface area contributed by atoms with Crippen LogP contribution >= 0.6 is 0 Å². The van der Waals surface area contributed by atoms with Crippen LogP contribution in [0.3, 0.4) is 0 Å². The summed E-state index contributed by atoms with van der Waals surface area (Å²) in [5.41, 5.74) is 25.2. The van der Waals surface area contributed by atoms with E-state index in [1.807, 2.05) is 0 Å². The Morgan fingerprint density at radius 1 is 0.385 bits per heavy atom. The standard InChI is InChI=1S/2C6H15N.C4H11N.C3H9N.CH5N.CH4/c2*1-2-3-4-5-6-7;1-2-3-4-5;1-2-3-4;1-2;/h2*2-7H2,1H3;2-5H2,1H3;2-4H2,1H3;2H2,1H3;1H4. The molecule has 0 fully saturated rings. The largest absolute Gasteiger partial charge is 0.333 e. The highest BCUT2D eigenvalue weighted by Crippen LogP contribution is 1.95. The van der Waals surface area contributed by atoms with Crippen LogP contribution in [-0.2, 0) is 0 Å². The molecule has 5 nitrogen and oxygen atoms in total. The Morgan fingerprint density at radius 3 is 0.769 bits per heavy atom. The SMILES string of the molecule is C.CCCCCCN.CCCCCCN.CCCCN.CCCN.CN. The molecular weight excluding hydrogens is 322 g/mol. The van der Waals surface area contributed by atoms with Gasteiger partial charge in [-0.1, -0.05) is 80.1 Å². The number of rotatable bonds is 11. The van der Waals surface area contributed by atoms with Gasteiger partial charge in [0.25, 0.3) is 0 Å². The summed E-state index contributed by atoms with van der Waals surface area (Å²) in [7, 11) is 1.50. The van der Waals surface area contributed by atoms with Crippen molar-refractivity contribution >= 4 is 0 Å². The Balaban J connectivity index is -0.0000000500. The third kappa shape index (κ3) is 106. The predicted molar refractivity (Wildman–Crippen MR) is 127 cm³/mol. The van der Waals surface area contributed by atoms with Crippen molar-refractivity contribution in [2.45, 2.75) is 106 Å². The van der Waals surface area contributed by atoms with Crippen LogP contribution in [-0.4, -0.2) is 33.2 Å². The summed E-state index contributed by atoms with van der Waals surface area (Å²) in [6, 6.07) is 0. The molecule has 0 heterocycles. The van der Waals surface area contributed by atoms with Crippen LogP contribution < -0.4 is 28.7 Å². The number of unbranched alkanes of at least 4 members (excludes halogenated alkanes) is 7. The topological polar surface area (TPSA) is 130 Å². The van der Waals surface area contributed by atoms with Crippen LogP contribution in [0.25, 0.3) is 0 Å². The third-order valence-corrected chi connectivity index (χ3v) is 2.96. The average Bonchev–Trinajstić information content (AvgIpc) is 2.66. The smallest absolute Gasteiger partial charge is 0.00773 e. The Labute approximate surface area is 168 Å². The highest BCUT2D eigenvalue weighted by molar-refractivity contribution is 4.39. The molecule has 10 N–H and O–H groups in total. The van der Waals surface area contributed by atoms with Gasteiger partial charge >= 0.3 is 0 Å². The minimum Gasteiger partial charge on any atom is -0.333 e. The lowest BCUT2D eigenvalue weighted by molar-refractivity contribution is 0.674. The summed E-state index contributed by atoms with van der Waals surface area (Å²) in [5.74, 6) is 0. The second-order valence-corrected chi connectivity index (χ2v) is 5.63. The first-order valence-electron chi connectivity index (χ1n) is 10.5. The Kier molecular flexibility index (Phi) is 99.8. The molecule has 0 aromatic heterocycles. The first kappa shape index (κ1) is 40.5. The first-order valence-corrected chi connectivity index (χ1v) is 10.5. The van der Waals surface area contributed by atoms with E-state index in [4.69, 9.17) is 22.9 Å². The molecule has 0 amide bonds. The van der Waals surface area contributed by atoms with Gasteiger partial charge < -0.3 is 28.7 Å². The summed E-state index contributed by atoms with van der Waals surface area (Å²) in [4.78, 5) is 0. The highest BCUT2D eigenvalue weighted by atomic mass is 14.5. The molecule has 26 heavy (non-hydrogen) atoms. The van der Waals surface area contributed by atoms with Crippen LogP contribution in [0.5, 0.6) is 0 Å². The summed E-state index contributed by atoms with van der Waals surface area (Å²) in [6.45, 7) is 12.0. The van der Waals surface area contributed by atoms with Gasteiger partial charge in [0.15, 0.2) is 0 Å². The molecule has 0 rings (SSSR count). The Bertz CT molecular complexity index is 114. The van der Waals surface area contributed by atoms with Crippen molar-refractivity contribution in [3.05, 3.63) is 0 Å². The van der Waals surface area contributed by atoms with Crippen molar-refractivity contribution in [3.8, 4) is 0 Å². The van der Waals surface area contributed by atoms with Crippen LogP contribution in [0.4, 0.5) is 0 Å². The van der Waals surface area contributed by atoms with E-state index in [2.05, 4.69) is 33.4 Å². The lowest BCUT2D eigenvalue weighted by Crippen LogP contribution is -1.97. The number of hydrogen-bond donors (Lipinski definition) is 5. The molecule has 0 atom stereocenters. The second-order valence-electron chi connectivity index (χ2n) is 5.63. The van der Waals surface area contributed by atoms with Gasteiger partial charge in [-0.05, 0) is 58.9 Å². The molecule has 168 valence electrons. The van der Waals surface area contributed by atoms with E-state index < -0.39 is 0 Å². The Hall–Kier alpha value is -0.200. The van der Waals surface area contributed by atoms with E-state index in [-0.39, 0.29) is 7.43 Å². The fourth-order valence-corrected chi connectivity index (χ4v) is 1.35. The van der Waals surface area contributed by atoms with E-state index in [1.165, 1.54) is 71.3 Å². The van der Waals surface area contributed by atoms with Crippen LogP contribution in [0.2, 0.25) is 0 Å². The molecule has 0 unspecified atom stereocenters. The zero-order valence-corrected chi connectivity index (χ0v) is 18.5. The molecule has 0 saturated carbocycles. The van der Waals surface area contributed by atoms with E-state index >= 15 is 0 Å². The van der Waals surface area contributed by atoms with E-state index in [0.717, 1.165) is 32.6 Å². The van der Waals surface area contributed by atoms with Crippen LogP contribution in [0.15, 0.2) is 0 Å². The third-order valence-electron chi connectivity index (χ3n) is 2.96. The van der Waals surface area contributed by atoms with Gasteiger partial charge in [0, 0.05) is 0 Å². The molecule has 0 spiro atoms. The van der Waals surface area contributed by atoms with E-state index in [1.54, 1.807) is 0 Å². The quantitative estimate of drug-likeness (QED) is 0.339. The van der Waals surface area contributed by atoms with E-state index in [0.29, 0.717) is 0 Å². The van der Waals surface area contributed by atoms with Crippen molar-refractivity contribution in [1.29, 1.82) is 0 Å². The monoisotopic (exact) mass is 381 g/mol. The van der Waals surface area contributed by atoms with Gasteiger partial charge in [0.05, 0.1) is 0 Å². The first-order chi connectivity index (χ1) is 12.2. The van der Waals surface area contributed by atoms with Gasteiger partial charge in [0.2, 0.25) is 0 Å². The molecule has 0 aromatic carbocycles. The molecule has 0 aliphatic heterocycles. The number of hydrogen-bond acceptors (Lipinski definition) is 5. The molecule has 0 aliphatic carbocycles. The average molecular weight is 382 g/mol. The molecule has 0 radical (unpaired) electrons. The van der Waals surface area contributed by atoms with Gasteiger partial charge in [-0.2, -0.15) is 0 Å². The summed E-state index contributed by atoms with van der Waals surface area (Å²) >= 11 is 0. The Morgan fingerprint density at radius 2 is 0.654 bits per heavy atom. The van der Waals surface area contributed by atoms with Crippen molar-refractivity contribution in [2.75, 3.05) is 33.2 Å². The van der Waals surface area contributed by atoms with Crippen LogP contribution in [0, 0.1) is 0 Å². The molecular formula is C21H59N5.